The molecule has 0 aliphatic carbocycles. The summed E-state index contributed by atoms with van der Waals surface area (Å²) in [6.45, 7) is 1.40. The number of aliphatic hydroxyl groups is 1. The number of halogens is 3. The lowest BCUT2D eigenvalue weighted by Gasteiger charge is -2.14. The molecule has 0 aromatic carbocycles. The van der Waals surface area contributed by atoms with Crippen LogP contribution in [-0.2, 0) is 6.18 Å². The van der Waals surface area contributed by atoms with Gasteiger partial charge in [0.15, 0.2) is 0 Å². The van der Waals surface area contributed by atoms with E-state index in [1.54, 1.807) is 13.1 Å². The summed E-state index contributed by atoms with van der Waals surface area (Å²) in [5.41, 5.74) is 0.343. The smallest absolute Gasteiger partial charge is 0.394 e. The van der Waals surface area contributed by atoms with Crippen molar-refractivity contribution < 1.29 is 18.3 Å². The van der Waals surface area contributed by atoms with E-state index in [-0.39, 0.29) is 17.7 Å². The van der Waals surface area contributed by atoms with Gasteiger partial charge < -0.3 is 5.11 Å². The van der Waals surface area contributed by atoms with Gasteiger partial charge in [-0.25, -0.2) is 9.97 Å². The van der Waals surface area contributed by atoms with Gasteiger partial charge in [-0.1, -0.05) is 0 Å². The Morgan fingerprint density at radius 3 is 2.60 bits per heavy atom. The van der Waals surface area contributed by atoms with E-state index in [1.165, 1.54) is 29.2 Å². The maximum Gasteiger partial charge on any atom is 0.433 e. The van der Waals surface area contributed by atoms with Gasteiger partial charge in [-0.05, 0) is 25.1 Å². The lowest BCUT2D eigenvalue weighted by Crippen LogP contribution is -2.25. The van der Waals surface area contributed by atoms with Gasteiger partial charge in [-0.2, -0.15) is 18.3 Å². The van der Waals surface area contributed by atoms with E-state index in [2.05, 4.69) is 25.1 Å². The minimum Gasteiger partial charge on any atom is -0.394 e. The number of nitrogens with zero attached hydrogens (tertiary/aromatic N) is 5. The van der Waals surface area contributed by atoms with Gasteiger partial charge in [0.2, 0.25) is 0 Å². The van der Waals surface area contributed by atoms with Crippen molar-refractivity contribution in [3.8, 4) is 22.5 Å². The van der Waals surface area contributed by atoms with Crippen molar-refractivity contribution in [1.82, 2.24) is 29.7 Å². The van der Waals surface area contributed by atoms with Crippen LogP contribution in [0.3, 0.4) is 0 Å². The molecule has 0 saturated heterocycles. The Hall–Kier alpha value is -3.60. The van der Waals surface area contributed by atoms with Crippen LogP contribution in [0.2, 0.25) is 0 Å². The Morgan fingerprint density at radius 1 is 1.20 bits per heavy atom. The van der Waals surface area contributed by atoms with Crippen LogP contribution in [0.4, 0.5) is 13.2 Å². The zero-order valence-corrected chi connectivity index (χ0v) is 15.6. The summed E-state index contributed by atoms with van der Waals surface area (Å²) < 4.78 is 39.8. The molecule has 4 aromatic heterocycles. The van der Waals surface area contributed by atoms with Crippen LogP contribution in [0.1, 0.15) is 18.7 Å². The molecule has 8 nitrogen and oxygen atoms in total. The minimum absolute atomic E-state index is 0.207. The van der Waals surface area contributed by atoms with E-state index in [0.29, 0.717) is 22.3 Å². The molecular weight excluding hydrogens is 401 g/mol. The van der Waals surface area contributed by atoms with Gasteiger partial charge in [0.1, 0.15) is 16.9 Å². The van der Waals surface area contributed by atoms with Gasteiger partial charge in [0, 0.05) is 23.5 Å². The topological polar surface area (TPSA) is 110 Å². The highest BCUT2D eigenvalue weighted by Gasteiger charge is 2.32. The molecule has 11 heteroatoms. The molecule has 1 atom stereocenters. The highest BCUT2D eigenvalue weighted by Crippen LogP contribution is 2.31. The molecule has 30 heavy (non-hydrogen) atoms. The average Bonchev–Trinajstić information content (AvgIpc) is 3.27. The van der Waals surface area contributed by atoms with Crippen LogP contribution < -0.4 is 5.56 Å². The van der Waals surface area contributed by atoms with Crippen molar-refractivity contribution in [2.24, 2.45) is 0 Å². The van der Waals surface area contributed by atoms with E-state index in [1.807, 2.05) is 0 Å². The molecule has 0 radical (unpaired) electrons. The lowest BCUT2D eigenvalue weighted by atomic mass is 10.1. The fraction of sp³-hybridized carbons (Fsp3) is 0.211. The molecule has 4 rings (SSSR count). The van der Waals surface area contributed by atoms with Gasteiger partial charge in [0.25, 0.3) is 5.56 Å². The minimum atomic E-state index is -4.56. The molecule has 0 saturated carbocycles. The fourth-order valence-corrected chi connectivity index (χ4v) is 2.99. The van der Waals surface area contributed by atoms with Crippen LogP contribution >= 0.6 is 0 Å². The SMILES string of the molecule is C[C@@H](CO)n1cnc2c(-c3cn[nH]c3)nc(-c3ccc(C(F)(F)F)nc3)cc2c1=O. The van der Waals surface area contributed by atoms with E-state index >= 15 is 0 Å². The van der Waals surface area contributed by atoms with Crippen molar-refractivity contribution in [2.75, 3.05) is 6.61 Å². The third-order valence-corrected chi connectivity index (χ3v) is 4.63. The first-order valence-corrected chi connectivity index (χ1v) is 8.85. The van der Waals surface area contributed by atoms with Crippen molar-refractivity contribution in [2.45, 2.75) is 19.1 Å². The number of aromatic amines is 1. The summed E-state index contributed by atoms with van der Waals surface area (Å²) in [6.07, 6.45) is 0.896. The molecule has 2 N–H and O–H groups in total. The maximum absolute atomic E-state index is 13.0. The van der Waals surface area contributed by atoms with Crippen molar-refractivity contribution in [3.05, 3.63) is 59.2 Å². The Kier molecular flexibility index (Phi) is 4.82. The van der Waals surface area contributed by atoms with Crippen molar-refractivity contribution >= 4 is 10.9 Å². The number of alkyl halides is 3. The summed E-state index contributed by atoms with van der Waals surface area (Å²) in [7, 11) is 0. The summed E-state index contributed by atoms with van der Waals surface area (Å²) >= 11 is 0. The molecule has 0 unspecified atom stereocenters. The number of rotatable bonds is 4. The van der Waals surface area contributed by atoms with Crippen molar-refractivity contribution in [3.63, 3.8) is 0 Å². The zero-order valence-electron chi connectivity index (χ0n) is 15.6. The summed E-state index contributed by atoms with van der Waals surface area (Å²) in [6, 6.07) is 3.05. The number of hydrogen-bond donors (Lipinski definition) is 2. The molecule has 0 aliphatic rings. The van der Waals surface area contributed by atoms with Crippen molar-refractivity contribution in [1.29, 1.82) is 0 Å². The molecule has 0 fully saturated rings. The maximum atomic E-state index is 13.0. The number of pyridine rings is 2. The second-order valence-electron chi connectivity index (χ2n) is 6.66. The number of fused-ring (bicyclic) bond motifs is 1. The first kappa shape index (κ1) is 19.7. The molecule has 0 aliphatic heterocycles. The predicted molar refractivity (Wildman–Crippen MR) is 101 cm³/mol. The van der Waals surface area contributed by atoms with Gasteiger partial charge in [0.05, 0.1) is 36.3 Å². The molecule has 0 bridgehead atoms. The number of nitrogens with one attached hydrogen (secondary N) is 1. The highest BCUT2D eigenvalue weighted by molar-refractivity contribution is 5.93. The molecular formula is C19H15F3N6O2. The standard InChI is InChI=1S/C19H15F3N6O2/c1-10(8-29)28-9-24-17-13(18(28)30)4-14(27-16(17)12-6-25-26-7-12)11-2-3-15(23-5-11)19(20,21)22/h2-7,9-10,29H,8H2,1H3,(H,25,26)/t10-/m0/s1. The second-order valence-corrected chi connectivity index (χ2v) is 6.66. The normalized spacial score (nSPS) is 13.0. The Labute approximate surface area is 167 Å². The summed E-state index contributed by atoms with van der Waals surface area (Å²) in [5, 5.41) is 16.1. The largest absolute Gasteiger partial charge is 0.433 e. The van der Waals surface area contributed by atoms with E-state index in [0.717, 1.165) is 12.3 Å². The summed E-state index contributed by atoms with van der Waals surface area (Å²) in [4.78, 5) is 25.3. The first-order valence-electron chi connectivity index (χ1n) is 8.85. The first-order chi connectivity index (χ1) is 14.3. The third kappa shape index (κ3) is 3.43. The van der Waals surface area contributed by atoms with Crippen LogP contribution in [-0.4, -0.2) is 41.4 Å². The molecule has 4 heterocycles. The fourth-order valence-electron chi connectivity index (χ4n) is 2.99. The zero-order chi connectivity index (χ0) is 21.5. The van der Waals surface area contributed by atoms with E-state index < -0.39 is 23.5 Å². The number of aromatic nitrogens is 6. The Bertz CT molecular complexity index is 1250. The van der Waals surface area contributed by atoms with E-state index in [4.69, 9.17) is 0 Å². The summed E-state index contributed by atoms with van der Waals surface area (Å²) in [5.74, 6) is 0. The number of hydrogen-bond acceptors (Lipinski definition) is 6. The van der Waals surface area contributed by atoms with Crippen LogP contribution in [0, 0.1) is 0 Å². The van der Waals surface area contributed by atoms with Crippen LogP contribution in [0.15, 0.2) is 47.9 Å². The van der Waals surface area contributed by atoms with Crippen LogP contribution in [0.5, 0.6) is 0 Å². The third-order valence-electron chi connectivity index (χ3n) is 4.63. The quantitative estimate of drug-likeness (QED) is 0.530. The van der Waals surface area contributed by atoms with E-state index in [9.17, 15) is 23.1 Å². The predicted octanol–water partition coefficient (Wildman–Crippen LogP) is 2.82. The number of H-pyrrole nitrogens is 1. The Morgan fingerprint density at radius 2 is 2.00 bits per heavy atom. The number of aliphatic hydroxyl groups excluding tert-OH is 1. The average molecular weight is 416 g/mol. The molecule has 154 valence electrons. The molecule has 4 aromatic rings. The molecule has 0 amide bonds. The highest BCUT2D eigenvalue weighted by atomic mass is 19.4. The van der Waals surface area contributed by atoms with Gasteiger partial charge in [-0.15, -0.1) is 0 Å². The van der Waals surface area contributed by atoms with Gasteiger partial charge in [-0.3, -0.25) is 19.4 Å². The lowest BCUT2D eigenvalue weighted by molar-refractivity contribution is -0.141. The second kappa shape index (κ2) is 7.34. The van der Waals surface area contributed by atoms with Gasteiger partial charge >= 0.3 is 6.18 Å². The molecule has 0 spiro atoms. The Balaban J connectivity index is 1.96. The monoisotopic (exact) mass is 416 g/mol. The van der Waals surface area contributed by atoms with Crippen LogP contribution in [0.25, 0.3) is 33.4 Å².